The summed E-state index contributed by atoms with van der Waals surface area (Å²) >= 11 is 0. The number of aromatic hydroxyl groups is 2. The summed E-state index contributed by atoms with van der Waals surface area (Å²) < 4.78 is 7.01. The average molecular weight is 539 g/mol. The van der Waals surface area contributed by atoms with E-state index < -0.39 is 0 Å². The third-order valence-electron chi connectivity index (χ3n) is 8.05. The fourth-order valence-corrected chi connectivity index (χ4v) is 5.52. The van der Waals surface area contributed by atoms with Crippen LogP contribution < -0.4 is 4.74 Å². The van der Waals surface area contributed by atoms with Crippen molar-refractivity contribution >= 4 is 0 Å². The van der Waals surface area contributed by atoms with Gasteiger partial charge in [-0.3, -0.25) is 0 Å². The Bertz CT molecular complexity index is 912. The van der Waals surface area contributed by atoms with E-state index in [1.165, 1.54) is 11.1 Å². The van der Waals surface area contributed by atoms with Gasteiger partial charge in [0.2, 0.25) is 0 Å². The maximum Gasteiger partial charge on any atom is 0.131 e. The van der Waals surface area contributed by atoms with E-state index in [1.807, 2.05) is 0 Å². The third kappa shape index (κ3) is 9.47. The summed E-state index contributed by atoms with van der Waals surface area (Å²) in [6.07, 6.45) is 18.3. The molecular formula is C36H58O3. The Labute approximate surface area is 240 Å². The predicted octanol–water partition coefficient (Wildman–Crippen LogP) is 10.9. The van der Waals surface area contributed by atoms with Crippen molar-refractivity contribution in [3.63, 3.8) is 0 Å². The lowest BCUT2D eigenvalue weighted by Gasteiger charge is -2.23. The van der Waals surface area contributed by atoms with E-state index >= 15 is 0 Å². The van der Waals surface area contributed by atoms with Crippen molar-refractivity contribution in [2.75, 3.05) is 0 Å². The van der Waals surface area contributed by atoms with Crippen LogP contribution in [0.15, 0.2) is 12.1 Å². The first kappa shape index (κ1) is 33.0. The van der Waals surface area contributed by atoms with Crippen molar-refractivity contribution in [2.24, 2.45) is 0 Å². The van der Waals surface area contributed by atoms with Crippen molar-refractivity contribution in [2.45, 2.75) is 157 Å². The number of benzene rings is 2. The monoisotopic (exact) mass is 538 g/mol. The zero-order chi connectivity index (χ0) is 28.6. The first-order valence-corrected chi connectivity index (χ1v) is 16.4. The van der Waals surface area contributed by atoms with E-state index in [0.717, 1.165) is 149 Å². The molecule has 0 saturated carbocycles. The van der Waals surface area contributed by atoms with E-state index in [2.05, 4.69) is 53.7 Å². The first-order chi connectivity index (χ1) is 19.0. The first-order valence-electron chi connectivity index (χ1n) is 16.4. The molecule has 0 amide bonds. The van der Waals surface area contributed by atoms with Crippen LogP contribution in [0.3, 0.4) is 0 Å². The standard InChI is InChI=1S/C36H58O3/c1-7-13-19-27-25-33(29(21-15-9-3)31(35(27)37)23-17-11-5)39-34-26-28(20-14-8-2)36(38)32(24-18-12-6)30(34)22-16-10-4/h25-26,37-38H,7-24H2,1-6H3. The quantitative estimate of drug-likeness (QED) is 0.176. The minimum atomic E-state index is 0.500. The molecule has 2 N–H and O–H groups in total. The predicted molar refractivity (Wildman–Crippen MR) is 168 cm³/mol. The second kappa shape index (κ2) is 18.2. The smallest absolute Gasteiger partial charge is 0.131 e. The molecule has 3 heteroatoms. The van der Waals surface area contributed by atoms with Gasteiger partial charge in [-0.1, -0.05) is 80.1 Å². The van der Waals surface area contributed by atoms with Crippen LogP contribution >= 0.6 is 0 Å². The Morgan fingerprint density at radius 1 is 0.436 bits per heavy atom. The lowest BCUT2D eigenvalue weighted by molar-refractivity contribution is 0.433. The van der Waals surface area contributed by atoms with Crippen LogP contribution in [0, 0.1) is 0 Å². The highest BCUT2D eigenvalue weighted by molar-refractivity contribution is 5.58. The Hall–Kier alpha value is -2.16. The summed E-state index contributed by atoms with van der Waals surface area (Å²) in [6.45, 7) is 13.3. The molecule has 2 rings (SSSR count). The molecule has 0 saturated heterocycles. The number of phenols is 2. The number of aryl methyl sites for hydroxylation is 2. The van der Waals surface area contributed by atoms with Crippen LogP contribution in [-0.2, 0) is 38.5 Å². The average Bonchev–Trinajstić information content (AvgIpc) is 2.94. The SMILES string of the molecule is CCCCc1cc(Oc2cc(CCCC)c(O)c(CCCC)c2CCCC)c(CCCC)c(CCCC)c1O. The molecule has 0 heterocycles. The Balaban J connectivity index is 2.77. The van der Waals surface area contributed by atoms with Gasteiger partial charge in [-0.05, 0) is 100 Å². The second-order valence-corrected chi connectivity index (χ2v) is 11.4. The Kier molecular flexibility index (Phi) is 15.5. The van der Waals surface area contributed by atoms with Crippen molar-refractivity contribution in [3.05, 3.63) is 45.5 Å². The molecule has 0 unspecified atom stereocenters. The molecular weight excluding hydrogens is 480 g/mol. The summed E-state index contributed by atoms with van der Waals surface area (Å²) in [6, 6.07) is 4.28. The van der Waals surface area contributed by atoms with Gasteiger partial charge in [0.15, 0.2) is 0 Å². The molecule has 0 atom stereocenters. The molecule has 0 aliphatic rings. The normalized spacial score (nSPS) is 11.3. The van der Waals surface area contributed by atoms with E-state index in [4.69, 9.17) is 4.74 Å². The van der Waals surface area contributed by atoms with E-state index in [9.17, 15) is 10.2 Å². The molecule has 0 aliphatic heterocycles. The van der Waals surface area contributed by atoms with Gasteiger partial charge in [0.1, 0.15) is 23.0 Å². The van der Waals surface area contributed by atoms with E-state index in [-0.39, 0.29) is 0 Å². The lowest BCUT2D eigenvalue weighted by atomic mass is 9.90. The summed E-state index contributed by atoms with van der Waals surface area (Å²) in [7, 11) is 0. The highest BCUT2D eigenvalue weighted by Gasteiger charge is 2.22. The van der Waals surface area contributed by atoms with Gasteiger partial charge in [-0.25, -0.2) is 0 Å². The molecule has 2 aromatic rings. The van der Waals surface area contributed by atoms with Gasteiger partial charge in [0.05, 0.1) is 0 Å². The van der Waals surface area contributed by atoms with Gasteiger partial charge < -0.3 is 14.9 Å². The molecule has 0 bridgehead atoms. The molecule has 39 heavy (non-hydrogen) atoms. The highest BCUT2D eigenvalue weighted by atomic mass is 16.5. The van der Waals surface area contributed by atoms with Crippen molar-refractivity contribution < 1.29 is 14.9 Å². The minimum absolute atomic E-state index is 0.500. The number of phenolic OH excluding ortho intramolecular Hbond substituents is 2. The van der Waals surface area contributed by atoms with Gasteiger partial charge in [0.25, 0.3) is 0 Å². The van der Waals surface area contributed by atoms with Crippen LogP contribution in [0.25, 0.3) is 0 Å². The zero-order valence-corrected chi connectivity index (χ0v) is 26.2. The summed E-state index contributed by atoms with van der Waals surface area (Å²) in [5.41, 5.74) is 6.60. The van der Waals surface area contributed by atoms with Gasteiger partial charge in [-0.15, -0.1) is 0 Å². The summed E-state index contributed by atoms with van der Waals surface area (Å²) in [4.78, 5) is 0. The number of rotatable bonds is 20. The van der Waals surface area contributed by atoms with Crippen molar-refractivity contribution in [1.29, 1.82) is 0 Å². The largest absolute Gasteiger partial charge is 0.507 e. The molecule has 0 radical (unpaired) electrons. The van der Waals surface area contributed by atoms with Crippen molar-refractivity contribution in [1.82, 2.24) is 0 Å². The number of hydrogen-bond acceptors (Lipinski definition) is 3. The Morgan fingerprint density at radius 3 is 1.03 bits per heavy atom. The fourth-order valence-electron chi connectivity index (χ4n) is 5.52. The zero-order valence-electron chi connectivity index (χ0n) is 26.2. The maximum atomic E-state index is 11.4. The number of hydrogen-bond donors (Lipinski definition) is 2. The molecule has 0 aromatic heterocycles. The maximum absolute atomic E-state index is 11.4. The molecule has 0 spiro atoms. The molecule has 2 aromatic carbocycles. The highest BCUT2D eigenvalue weighted by Crippen LogP contribution is 2.43. The van der Waals surface area contributed by atoms with Crippen LogP contribution in [0.4, 0.5) is 0 Å². The van der Waals surface area contributed by atoms with E-state index in [0.29, 0.717) is 11.5 Å². The van der Waals surface area contributed by atoms with Crippen LogP contribution in [0.1, 0.15) is 152 Å². The fraction of sp³-hybridized carbons (Fsp3) is 0.667. The van der Waals surface area contributed by atoms with Gasteiger partial charge in [0, 0.05) is 22.3 Å². The lowest BCUT2D eigenvalue weighted by Crippen LogP contribution is -2.06. The summed E-state index contributed by atoms with van der Waals surface area (Å²) in [5, 5.41) is 22.8. The van der Waals surface area contributed by atoms with Gasteiger partial charge in [-0.2, -0.15) is 0 Å². The number of unbranched alkanes of at least 4 members (excludes halogenated alkanes) is 6. The van der Waals surface area contributed by atoms with Crippen LogP contribution in [0.5, 0.6) is 23.0 Å². The van der Waals surface area contributed by atoms with Crippen LogP contribution in [0.2, 0.25) is 0 Å². The molecule has 220 valence electrons. The van der Waals surface area contributed by atoms with Crippen LogP contribution in [-0.4, -0.2) is 10.2 Å². The molecule has 3 nitrogen and oxygen atoms in total. The molecule has 0 fully saturated rings. The third-order valence-corrected chi connectivity index (χ3v) is 8.05. The minimum Gasteiger partial charge on any atom is -0.507 e. The second-order valence-electron chi connectivity index (χ2n) is 11.4. The number of ether oxygens (including phenoxy) is 1. The van der Waals surface area contributed by atoms with E-state index in [1.54, 1.807) is 0 Å². The van der Waals surface area contributed by atoms with Gasteiger partial charge >= 0.3 is 0 Å². The van der Waals surface area contributed by atoms with Crippen molar-refractivity contribution in [3.8, 4) is 23.0 Å². The topological polar surface area (TPSA) is 49.7 Å². The summed E-state index contributed by atoms with van der Waals surface area (Å²) in [5.74, 6) is 2.84. The molecule has 0 aliphatic carbocycles. The Morgan fingerprint density at radius 2 is 0.718 bits per heavy atom.